The highest BCUT2D eigenvalue weighted by Gasteiger charge is 2.16. The Morgan fingerprint density at radius 2 is 1.78 bits per heavy atom. The van der Waals surface area contributed by atoms with Crippen LogP contribution in [-0.2, 0) is 9.53 Å². The normalized spacial score (nSPS) is 10.7. The minimum atomic E-state index is -0.380. The van der Waals surface area contributed by atoms with Crippen LogP contribution in [0.25, 0.3) is 5.78 Å². The molecule has 3 aromatic rings. The summed E-state index contributed by atoms with van der Waals surface area (Å²) < 4.78 is 6.78. The molecule has 0 aliphatic rings. The number of amides is 1. The number of nitrogens with zero attached hydrogens (tertiary/aromatic N) is 5. The lowest BCUT2D eigenvalue weighted by Crippen LogP contribution is -2.15. The molecule has 2 aromatic heterocycles. The molecule has 3 N–H and O–H groups in total. The fraction of sp³-hybridized carbons (Fsp3) is 0.400. The van der Waals surface area contributed by atoms with Gasteiger partial charge >= 0.3 is 5.97 Å². The van der Waals surface area contributed by atoms with E-state index < -0.39 is 0 Å². The van der Waals surface area contributed by atoms with E-state index in [0.717, 1.165) is 6.42 Å². The first-order valence-corrected chi connectivity index (χ1v) is 11.3. The third-order valence-corrected chi connectivity index (χ3v) is 5.02. The minimum absolute atomic E-state index is 0.113. The van der Waals surface area contributed by atoms with Gasteiger partial charge in [0.15, 0.2) is 5.16 Å². The van der Waals surface area contributed by atoms with Gasteiger partial charge < -0.3 is 20.7 Å². The number of aromatic nitrogens is 5. The molecular weight excluding hydrogens is 432 g/mol. The van der Waals surface area contributed by atoms with Crippen LogP contribution in [0.3, 0.4) is 0 Å². The second-order valence-corrected chi connectivity index (χ2v) is 7.54. The number of hydrogen-bond donors (Lipinski definition) is 3. The van der Waals surface area contributed by atoms with Gasteiger partial charge in [0, 0.05) is 18.8 Å². The number of anilines is 3. The van der Waals surface area contributed by atoms with Crippen LogP contribution in [0, 0.1) is 0 Å². The third kappa shape index (κ3) is 5.84. The van der Waals surface area contributed by atoms with Crippen molar-refractivity contribution in [3.05, 3.63) is 29.8 Å². The van der Waals surface area contributed by atoms with Gasteiger partial charge in [0.1, 0.15) is 0 Å². The van der Waals surface area contributed by atoms with E-state index >= 15 is 0 Å². The zero-order valence-electron chi connectivity index (χ0n) is 18.2. The minimum Gasteiger partial charge on any atom is -0.462 e. The molecule has 0 saturated carbocycles. The lowest BCUT2D eigenvalue weighted by atomic mass is 10.2. The molecule has 0 unspecified atom stereocenters. The highest BCUT2D eigenvalue weighted by Crippen LogP contribution is 2.21. The van der Waals surface area contributed by atoms with Gasteiger partial charge in [0.05, 0.1) is 17.9 Å². The number of thioether (sulfide) groups is 1. The fourth-order valence-electron chi connectivity index (χ4n) is 2.69. The molecule has 0 fully saturated rings. The van der Waals surface area contributed by atoms with Crippen molar-refractivity contribution in [3.63, 3.8) is 0 Å². The average molecular weight is 459 g/mol. The largest absolute Gasteiger partial charge is 0.462 e. The molecule has 0 radical (unpaired) electrons. The number of ether oxygens (including phenoxy) is 1. The first kappa shape index (κ1) is 23.3. The predicted molar refractivity (Wildman–Crippen MR) is 123 cm³/mol. The lowest BCUT2D eigenvalue weighted by Gasteiger charge is -2.10. The molecule has 3 rings (SSSR count). The SMILES string of the molecule is CCCOC(=O)c1ccc(NC(=O)CSc2nnc3nc(NCC)nc(NCC)n23)cc1. The molecule has 170 valence electrons. The summed E-state index contributed by atoms with van der Waals surface area (Å²) in [4.78, 5) is 33.1. The topological polar surface area (TPSA) is 135 Å². The highest BCUT2D eigenvalue weighted by atomic mass is 32.2. The third-order valence-electron chi connectivity index (χ3n) is 4.09. The maximum Gasteiger partial charge on any atom is 0.338 e. The smallest absolute Gasteiger partial charge is 0.338 e. The van der Waals surface area contributed by atoms with Crippen LogP contribution in [-0.4, -0.2) is 61.9 Å². The molecule has 0 spiro atoms. The molecule has 0 atom stereocenters. The molecule has 0 aliphatic heterocycles. The van der Waals surface area contributed by atoms with Crippen LogP contribution in [0.4, 0.5) is 17.6 Å². The van der Waals surface area contributed by atoms with Gasteiger partial charge in [-0.1, -0.05) is 18.7 Å². The van der Waals surface area contributed by atoms with Crippen LogP contribution in [0.5, 0.6) is 0 Å². The molecule has 0 saturated heterocycles. The Kier molecular flexibility index (Phi) is 8.20. The Morgan fingerprint density at radius 3 is 2.47 bits per heavy atom. The van der Waals surface area contributed by atoms with Crippen molar-refractivity contribution < 1.29 is 14.3 Å². The molecule has 2 heterocycles. The first-order valence-electron chi connectivity index (χ1n) is 10.4. The number of hydrogen-bond acceptors (Lipinski definition) is 10. The first-order chi connectivity index (χ1) is 15.5. The Morgan fingerprint density at radius 1 is 1.03 bits per heavy atom. The Bertz CT molecular complexity index is 1070. The van der Waals surface area contributed by atoms with Crippen molar-refractivity contribution >= 4 is 47.0 Å². The summed E-state index contributed by atoms with van der Waals surface area (Å²) in [6, 6.07) is 6.57. The van der Waals surface area contributed by atoms with Gasteiger partial charge in [-0.15, -0.1) is 10.2 Å². The van der Waals surface area contributed by atoms with Crippen molar-refractivity contribution in [2.24, 2.45) is 0 Å². The number of carbonyl (C=O) groups excluding carboxylic acids is 2. The Hall–Kier alpha value is -3.41. The summed E-state index contributed by atoms with van der Waals surface area (Å²) in [6.45, 7) is 7.56. The van der Waals surface area contributed by atoms with E-state index in [1.807, 2.05) is 20.8 Å². The van der Waals surface area contributed by atoms with E-state index in [9.17, 15) is 9.59 Å². The van der Waals surface area contributed by atoms with Crippen molar-refractivity contribution in [1.29, 1.82) is 0 Å². The van der Waals surface area contributed by atoms with Gasteiger partial charge in [-0.2, -0.15) is 9.97 Å². The number of benzene rings is 1. The van der Waals surface area contributed by atoms with Gasteiger partial charge in [0.2, 0.25) is 17.8 Å². The second kappa shape index (κ2) is 11.3. The molecule has 11 nitrogen and oxygen atoms in total. The van der Waals surface area contributed by atoms with Crippen LogP contribution in [0.2, 0.25) is 0 Å². The maximum atomic E-state index is 12.4. The summed E-state index contributed by atoms with van der Waals surface area (Å²) in [5.74, 6) is 0.909. The summed E-state index contributed by atoms with van der Waals surface area (Å²) in [7, 11) is 0. The summed E-state index contributed by atoms with van der Waals surface area (Å²) >= 11 is 1.22. The number of carbonyl (C=O) groups is 2. The molecule has 12 heteroatoms. The van der Waals surface area contributed by atoms with E-state index in [1.54, 1.807) is 28.7 Å². The maximum absolute atomic E-state index is 12.4. The Balaban J connectivity index is 1.64. The van der Waals surface area contributed by atoms with Crippen LogP contribution in [0.15, 0.2) is 29.4 Å². The number of rotatable bonds is 11. The molecule has 0 bridgehead atoms. The summed E-state index contributed by atoms with van der Waals surface area (Å²) in [5.41, 5.74) is 1.02. The molecule has 0 aliphatic carbocycles. The van der Waals surface area contributed by atoms with Crippen LogP contribution >= 0.6 is 11.8 Å². The van der Waals surface area contributed by atoms with Gasteiger partial charge in [-0.25, -0.2) is 9.20 Å². The number of esters is 1. The molecular formula is C20H26N8O3S. The average Bonchev–Trinajstić information content (AvgIpc) is 3.20. The quantitative estimate of drug-likeness (QED) is 0.291. The number of fused-ring (bicyclic) bond motifs is 1. The zero-order valence-corrected chi connectivity index (χ0v) is 19.0. The van der Waals surface area contributed by atoms with E-state index in [-0.39, 0.29) is 17.6 Å². The van der Waals surface area contributed by atoms with E-state index in [2.05, 4.69) is 36.1 Å². The van der Waals surface area contributed by atoms with Gasteiger partial charge in [-0.3, -0.25) is 4.79 Å². The lowest BCUT2D eigenvalue weighted by molar-refractivity contribution is -0.113. The van der Waals surface area contributed by atoms with Gasteiger partial charge in [0.25, 0.3) is 5.78 Å². The van der Waals surface area contributed by atoms with Crippen LogP contribution in [0.1, 0.15) is 37.6 Å². The monoisotopic (exact) mass is 458 g/mol. The Labute approximate surface area is 189 Å². The number of nitrogens with one attached hydrogen (secondary N) is 3. The van der Waals surface area contributed by atoms with Crippen molar-refractivity contribution in [3.8, 4) is 0 Å². The summed E-state index contributed by atoms with van der Waals surface area (Å²) in [6.07, 6.45) is 0.762. The molecule has 1 amide bonds. The van der Waals surface area contributed by atoms with E-state index in [1.165, 1.54) is 11.8 Å². The molecule has 1 aromatic carbocycles. The van der Waals surface area contributed by atoms with Crippen molar-refractivity contribution in [1.82, 2.24) is 24.6 Å². The van der Waals surface area contributed by atoms with Crippen LogP contribution < -0.4 is 16.0 Å². The highest BCUT2D eigenvalue weighted by molar-refractivity contribution is 7.99. The molecule has 32 heavy (non-hydrogen) atoms. The van der Waals surface area contributed by atoms with E-state index in [0.29, 0.717) is 53.8 Å². The fourth-order valence-corrected chi connectivity index (χ4v) is 3.42. The zero-order chi connectivity index (χ0) is 22.9. The van der Waals surface area contributed by atoms with Crippen molar-refractivity contribution in [2.75, 3.05) is 41.4 Å². The predicted octanol–water partition coefficient (Wildman–Crippen LogP) is 2.68. The standard InChI is InChI=1S/C20H26N8O3S/c1-4-11-31-16(30)13-7-9-14(10-8-13)23-15(29)12-32-20-27-26-19-25-17(21-5-2)24-18(22-6-3)28(19)20/h7-10H,4-6,11-12H2,1-3H3,(H,23,29)(H2,21,22,24,25,26). The van der Waals surface area contributed by atoms with Crippen molar-refractivity contribution in [2.45, 2.75) is 32.3 Å². The van der Waals surface area contributed by atoms with Gasteiger partial charge in [-0.05, 0) is 44.5 Å². The van der Waals surface area contributed by atoms with E-state index in [4.69, 9.17) is 4.74 Å². The second-order valence-electron chi connectivity index (χ2n) is 6.60. The summed E-state index contributed by atoms with van der Waals surface area (Å²) in [5, 5.41) is 17.8.